The molecule has 28 heavy (non-hydrogen) atoms. The number of carbonyl (C=O) groups excluding carboxylic acids is 2. The quantitative estimate of drug-likeness (QED) is 0.761. The minimum atomic E-state index is -4.83. The standard InChI is InChI=1S/C19H25F3N2O4/c1-27-15-5-3-13(11-16(15)28-2)4-6-17(25)23-12-14-7-9-24(10-8-14)18(26)19(20,21)22/h3,5,11,14H,4,6-10,12H2,1-2H3,(H,23,25). The molecule has 1 aromatic carbocycles. The van der Waals surface area contributed by atoms with Crippen molar-refractivity contribution < 1.29 is 32.2 Å². The molecule has 0 radical (unpaired) electrons. The Balaban J connectivity index is 1.72. The van der Waals surface area contributed by atoms with Gasteiger partial charge in [-0.1, -0.05) is 6.07 Å². The number of rotatable bonds is 7. The first-order chi connectivity index (χ1) is 13.2. The molecule has 156 valence electrons. The van der Waals surface area contributed by atoms with E-state index in [4.69, 9.17) is 9.47 Å². The number of likely N-dealkylation sites (tertiary alicyclic amines) is 1. The van der Waals surface area contributed by atoms with E-state index in [-0.39, 0.29) is 24.9 Å². The van der Waals surface area contributed by atoms with Crippen LogP contribution in [0.5, 0.6) is 11.5 Å². The van der Waals surface area contributed by atoms with Crippen molar-refractivity contribution in [2.24, 2.45) is 5.92 Å². The Morgan fingerprint density at radius 1 is 1.14 bits per heavy atom. The van der Waals surface area contributed by atoms with E-state index in [1.165, 1.54) is 0 Å². The third kappa shape index (κ3) is 6.03. The van der Waals surface area contributed by atoms with Gasteiger partial charge in [0.2, 0.25) is 5.91 Å². The third-order valence-corrected chi connectivity index (χ3v) is 4.82. The Kier molecular flexibility index (Phi) is 7.53. The molecular formula is C19H25F3N2O4. The van der Waals surface area contributed by atoms with Gasteiger partial charge < -0.3 is 19.7 Å². The highest BCUT2D eigenvalue weighted by Crippen LogP contribution is 2.28. The Bertz CT molecular complexity index is 686. The molecule has 2 rings (SSSR count). The van der Waals surface area contributed by atoms with E-state index in [9.17, 15) is 22.8 Å². The number of benzene rings is 1. The van der Waals surface area contributed by atoms with Gasteiger partial charge in [0.15, 0.2) is 11.5 Å². The van der Waals surface area contributed by atoms with Crippen LogP contribution in [0.3, 0.4) is 0 Å². The minimum absolute atomic E-state index is 0.0600. The van der Waals surface area contributed by atoms with Crippen LogP contribution >= 0.6 is 0 Å². The molecular weight excluding hydrogens is 377 g/mol. The van der Waals surface area contributed by atoms with Gasteiger partial charge in [0, 0.05) is 26.1 Å². The van der Waals surface area contributed by atoms with Crippen molar-refractivity contribution in [3.05, 3.63) is 23.8 Å². The van der Waals surface area contributed by atoms with Crippen molar-refractivity contribution in [3.8, 4) is 11.5 Å². The molecule has 0 saturated carbocycles. The van der Waals surface area contributed by atoms with Crippen LogP contribution in [0.15, 0.2) is 18.2 Å². The first-order valence-corrected chi connectivity index (χ1v) is 9.08. The molecule has 6 nitrogen and oxygen atoms in total. The molecule has 0 aromatic heterocycles. The summed E-state index contributed by atoms with van der Waals surface area (Å²) in [5.41, 5.74) is 0.937. The summed E-state index contributed by atoms with van der Waals surface area (Å²) in [6.45, 7) is 0.522. The van der Waals surface area contributed by atoms with Crippen LogP contribution in [0.2, 0.25) is 0 Å². The van der Waals surface area contributed by atoms with Crippen molar-refractivity contribution in [2.45, 2.75) is 31.9 Å². The maximum absolute atomic E-state index is 12.4. The van der Waals surface area contributed by atoms with Crippen LogP contribution < -0.4 is 14.8 Å². The second-order valence-corrected chi connectivity index (χ2v) is 6.73. The summed E-state index contributed by atoms with van der Waals surface area (Å²) in [6.07, 6.45) is -3.12. The molecule has 2 amide bonds. The lowest BCUT2D eigenvalue weighted by Crippen LogP contribution is -2.46. The first-order valence-electron chi connectivity index (χ1n) is 9.08. The van der Waals surface area contributed by atoms with Gasteiger partial charge in [0.25, 0.3) is 0 Å². The van der Waals surface area contributed by atoms with E-state index in [0.29, 0.717) is 43.7 Å². The number of ether oxygens (including phenoxy) is 2. The topological polar surface area (TPSA) is 67.9 Å². The number of methoxy groups -OCH3 is 2. The number of halogens is 3. The molecule has 1 saturated heterocycles. The van der Waals surface area contributed by atoms with Gasteiger partial charge >= 0.3 is 12.1 Å². The van der Waals surface area contributed by atoms with E-state index >= 15 is 0 Å². The van der Waals surface area contributed by atoms with Crippen LogP contribution in [0, 0.1) is 5.92 Å². The molecule has 1 fully saturated rings. The number of amides is 2. The van der Waals surface area contributed by atoms with Crippen LogP contribution in [0.25, 0.3) is 0 Å². The van der Waals surface area contributed by atoms with Crippen molar-refractivity contribution in [1.82, 2.24) is 10.2 Å². The average Bonchev–Trinajstić information content (AvgIpc) is 2.69. The van der Waals surface area contributed by atoms with Gasteiger partial charge in [-0.25, -0.2) is 0 Å². The lowest BCUT2D eigenvalue weighted by Gasteiger charge is -2.32. The Morgan fingerprint density at radius 3 is 2.36 bits per heavy atom. The molecule has 1 aromatic rings. The van der Waals surface area contributed by atoms with Crippen molar-refractivity contribution in [3.63, 3.8) is 0 Å². The zero-order valence-electron chi connectivity index (χ0n) is 16.0. The van der Waals surface area contributed by atoms with Crippen molar-refractivity contribution in [1.29, 1.82) is 0 Å². The van der Waals surface area contributed by atoms with Crippen molar-refractivity contribution >= 4 is 11.8 Å². The van der Waals surface area contributed by atoms with Crippen LogP contribution in [0.1, 0.15) is 24.8 Å². The average molecular weight is 402 g/mol. The molecule has 1 heterocycles. The SMILES string of the molecule is COc1ccc(CCC(=O)NCC2CCN(C(=O)C(F)(F)F)CC2)cc1OC. The summed E-state index contributed by atoms with van der Waals surface area (Å²) >= 11 is 0. The molecule has 0 spiro atoms. The number of hydrogen-bond acceptors (Lipinski definition) is 4. The van der Waals surface area contributed by atoms with E-state index in [1.807, 2.05) is 12.1 Å². The lowest BCUT2D eigenvalue weighted by molar-refractivity contribution is -0.186. The first kappa shape index (κ1) is 21.8. The van der Waals surface area contributed by atoms with E-state index in [1.54, 1.807) is 20.3 Å². The second-order valence-electron chi connectivity index (χ2n) is 6.73. The summed E-state index contributed by atoms with van der Waals surface area (Å²) in [6, 6.07) is 5.46. The fraction of sp³-hybridized carbons (Fsp3) is 0.579. The van der Waals surface area contributed by atoms with Gasteiger partial charge in [0.1, 0.15) is 0 Å². The number of aryl methyl sites for hydroxylation is 1. The predicted molar refractivity (Wildman–Crippen MR) is 96.2 cm³/mol. The number of hydrogen-bond donors (Lipinski definition) is 1. The molecule has 0 bridgehead atoms. The Morgan fingerprint density at radius 2 is 1.79 bits per heavy atom. The van der Waals surface area contributed by atoms with Crippen molar-refractivity contribution in [2.75, 3.05) is 33.9 Å². The predicted octanol–water partition coefficient (Wildman–Crippen LogP) is 2.55. The van der Waals surface area contributed by atoms with E-state index in [2.05, 4.69) is 5.32 Å². The number of alkyl halides is 3. The summed E-state index contributed by atoms with van der Waals surface area (Å²) in [5.74, 6) is -0.623. The Labute approximate surface area is 162 Å². The normalized spacial score (nSPS) is 15.2. The molecule has 0 aliphatic carbocycles. The largest absolute Gasteiger partial charge is 0.493 e. The highest BCUT2D eigenvalue weighted by molar-refractivity contribution is 5.82. The highest BCUT2D eigenvalue weighted by Gasteiger charge is 2.43. The maximum atomic E-state index is 12.4. The van der Waals surface area contributed by atoms with Gasteiger partial charge in [-0.05, 0) is 42.9 Å². The van der Waals surface area contributed by atoms with E-state index in [0.717, 1.165) is 10.5 Å². The lowest BCUT2D eigenvalue weighted by atomic mass is 9.96. The van der Waals surface area contributed by atoms with Gasteiger partial charge in [-0.15, -0.1) is 0 Å². The number of piperidine rings is 1. The molecule has 1 N–H and O–H groups in total. The summed E-state index contributed by atoms with van der Waals surface area (Å²) in [5, 5.41) is 2.83. The highest BCUT2D eigenvalue weighted by atomic mass is 19.4. The number of nitrogens with one attached hydrogen (secondary N) is 1. The van der Waals surface area contributed by atoms with Gasteiger partial charge in [-0.2, -0.15) is 13.2 Å². The monoisotopic (exact) mass is 402 g/mol. The maximum Gasteiger partial charge on any atom is 0.471 e. The van der Waals surface area contributed by atoms with E-state index < -0.39 is 12.1 Å². The number of carbonyl (C=O) groups is 2. The van der Waals surface area contributed by atoms with Crippen LogP contribution in [-0.2, 0) is 16.0 Å². The fourth-order valence-electron chi connectivity index (χ4n) is 3.16. The molecule has 1 aliphatic heterocycles. The minimum Gasteiger partial charge on any atom is -0.493 e. The second kappa shape index (κ2) is 9.66. The zero-order chi connectivity index (χ0) is 20.7. The smallest absolute Gasteiger partial charge is 0.471 e. The zero-order valence-corrected chi connectivity index (χ0v) is 16.0. The summed E-state index contributed by atoms with van der Waals surface area (Å²) < 4.78 is 47.7. The van der Waals surface area contributed by atoms with Crippen LogP contribution in [-0.4, -0.2) is 56.7 Å². The van der Waals surface area contributed by atoms with Gasteiger partial charge in [-0.3, -0.25) is 9.59 Å². The molecule has 0 atom stereocenters. The Hall–Kier alpha value is -2.45. The van der Waals surface area contributed by atoms with Crippen LogP contribution in [0.4, 0.5) is 13.2 Å². The van der Waals surface area contributed by atoms with Gasteiger partial charge in [0.05, 0.1) is 14.2 Å². The molecule has 9 heteroatoms. The fourth-order valence-corrected chi connectivity index (χ4v) is 3.16. The summed E-state index contributed by atoms with van der Waals surface area (Å²) in [4.78, 5) is 24.1. The number of nitrogens with zero attached hydrogens (tertiary/aromatic N) is 1. The third-order valence-electron chi connectivity index (χ3n) is 4.82. The summed E-state index contributed by atoms with van der Waals surface area (Å²) in [7, 11) is 3.09. The molecule has 1 aliphatic rings. The molecule has 0 unspecified atom stereocenters.